The number of hydrogen-bond acceptors (Lipinski definition) is 6. The number of rotatable bonds is 2. The Morgan fingerprint density at radius 2 is 2.00 bits per heavy atom. The number of hydrogen-bond donors (Lipinski definition) is 5. The lowest BCUT2D eigenvalue weighted by molar-refractivity contribution is -0.349. The lowest BCUT2D eigenvalue weighted by Crippen LogP contribution is -2.64. The van der Waals surface area contributed by atoms with Gasteiger partial charge in [-0.3, -0.25) is 0 Å². The van der Waals surface area contributed by atoms with Crippen LogP contribution in [0.15, 0.2) is 0 Å². The van der Waals surface area contributed by atoms with Crippen LogP contribution in [0, 0.1) is 0 Å². The zero-order valence-corrected chi connectivity index (χ0v) is 7.58. The van der Waals surface area contributed by atoms with Crippen LogP contribution in [0.25, 0.3) is 0 Å². The minimum atomic E-state index is -2.09. The first-order valence-electron chi connectivity index (χ1n) is 5.01. The predicted molar refractivity (Wildman–Crippen MR) is 45.2 cm³/mol. The van der Waals surface area contributed by atoms with Gasteiger partial charge in [-0.1, -0.05) is 6.90 Å². The Balaban J connectivity index is 2.82. The van der Waals surface area contributed by atoms with E-state index in [0.717, 1.165) is 0 Å². The molecule has 5 N–H and O–H groups in total. The third kappa shape index (κ3) is 1.77. The van der Waals surface area contributed by atoms with Gasteiger partial charge in [0.2, 0.25) is 0 Å². The molecule has 6 heteroatoms. The smallest absolute Gasteiger partial charge is 0.194 e. The summed E-state index contributed by atoms with van der Waals surface area (Å²) in [6.07, 6.45) is -6.14. The third-order valence-electron chi connectivity index (χ3n) is 2.41. The molecular weight excluding hydrogens is 192 g/mol. The molecule has 14 heavy (non-hydrogen) atoms. The summed E-state index contributed by atoms with van der Waals surface area (Å²) in [5.74, 6) is -2.09. The van der Waals surface area contributed by atoms with Crippen molar-refractivity contribution in [3.63, 3.8) is 0 Å². The molecule has 1 heterocycles. The molecule has 5 atom stereocenters. The summed E-state index contributed by atoms with van der Waals surface area (Å²) in [4.78, 5) is 0. The highest BCUT2D eigenvalue weighted by Crippen LogP contribution is 2.30. The van der Waals surface area contributed by atoms with E-state index < -0.39 is 36.8 Å². The van der Waals surface area contributed by atoms with Crippen LogP contribution in [0.1, 0.15) is 14.7 Å². The molecule has 0 aromatic carbocycles. The van der Waals surface area contributed by atoms with Crippen LogP contribution < -0.4 is 0 Å². The summed E-state index contributed by atoms with van der Waals surface area (Å²) in [6, 6.07) is 0. The first-order chi connectivity index (χ1) is 6.96. The average Bonchev–Trinajstić information content (AvgIpc) is 2.21. The molecule has 1 aliphatic heterocycles. The van der Waals surface area contributed by atoms with E-state index in [9.17, 15) is 20.4 Å². The summed E-state index contributed by atoms with van der Waals surface area (Å²) in [5.41, 5.74) is 0. The predicted octanol–water partition coefficient (Wildman–Crippen LogP) is -2.44. The molecule has 0 saturated carbocycles. The minimum absolute atomic E-state index is 0.214. The van der Waals surface area contributed by atoms with E-state index in [1.54, 1.807) is 0 Å². The van der Waals surface area contributed by atoms with Gasteiger partial charge in [-0.05, 0) is 0 Å². The third-order valence-corrected chi connectivity index (χ3v) is 2.41. The van der Waals surface area contributed by atoms with E-state index in [1.165, 1.54) is 0 Å². The molecule has 1 unspecified atom stereocenters. The molecule has 84 valence electrons. The Hall–Kier alpha value is -0.240. The maximum absolute atomic E-state index is 9.76. The van der Waals surface area contributed by atoms with Crippen molar-refractivity contribution < 1.29 is 31.6 Å². The standard InChI is InChI=1S/C8H16O6/c1-2-8(13)7(12)6(11)5(10)4(3-9)14-8/h4-7,9-13H,2-3H2,1H3/t4-,5+,6+,7-,8?/m1/s1/i1D. The molecule has 0 spiro atoms. The normalized spacial score (nSPS) is 50.2. The van der Waals surface area contributed by atoms with Gasteiger partial charge in [0.25, 0.3) is 0 Å². The molecule has 0 aromatic rings. The Morgan fingerprint density at radius 3 is 2.50 bits per heavy atom. The van der Waals surface area contributed by atoms with E-state index >= 15 is 0 Å². The number of ether oxygens (including phenoxy) is 1. The average molecular weight is 209 g/mol. The summed E-state index contributed by atoms with van der Waals surface area (Å²) in [7, 11) is 0. The van der Waals surface area contributed by atoms with Crippen LogP contribution in [0.3, 0.4) is 0 Å². The fourth-order valence-corrected chi connectivity index (χ4v) is 1.43. The second kappa shape index (κ2) is 4.09. The summed E-state index contributed by atoms with van der Waals surface area (Å²) < 4.78 is 11.8. The van der Waals surface area contributed by atoms with Crippen LogP contribution in [0.4, 0.5) is 0 Å². The number of aliphatic hydroxyl groups excluding tert-OH is 4. The summed E-state index contributed by atoms with van der Waals surface area (Å²) >= 11 is 0. The lowest BCUT2D eigenvalue weighted by atomic mass is 9.91. The fourth-order valence-electron chi connectivity index (χ4n) is 1.43. The van der Waals surface area contributed by atoms with Gasteiger partial charge in [0.05, 0.1) is 6.61 Å². The van der Waals surface area contributed by atoms with Crippen molar-refractivity contribution >= 4 is 0 Å². The molecule has 1 aliphatic rings. The van der Waals surface area contributed by atoms with Crippen molar-refractivity contribution in [1.82, 2.24) is 0 Å². The van der Waals surface area contributed by atoms with Gasteiger partial charge in [0, 0.05) is 7.79 Å². The van der Waals surface area contributed by atoms with Crippen molar-refractivity contribution in [1.29, 1.82) is 0 Å². The van der Waals surface area contributed by atoms with Crippen LogP contribution in [-0.4, -0.2) is 62.3 Å². The number of aliphatic hydroxyl groups is 5. The molecule has 1 saturated heterocycles. The second-order valence-corrected chi connectivity index (χ2v) is 3.36. The largest absolute Gasteiger partial charge is 0.394 e. The van der Waals surface area contributed by atoms with Gasteiger partial charge in [-0.25, -0.2) is 0 Å². The van der Waals surface area contributed by atoms with E-state index in [-0.39, 0.29) is 13.3 Å². The van der Waals surface area contributed by atoms with Gasteiger partial charge in [0.15, 0.2) is 5.79 Å². The van der Waals surface area contributed by atoms with Gasteiger partial charge >= 0.3 is 0 Å². The van der Waals surface area contributed by atoms with Gasteiger partial charge in [0.1, 0.15) is 24.4 Å². The maximum Gasteiger partial charge on any atom is 0.194 e. The van der Waals surface area contributed by atoms with Crippen molar-refractivity contribution in [2.75, 3.05) is 6.61 Å². The Labute approximate surface area is 82.8 Å². The van der Waals surface area contributed by atoms with Crippen molar-refractivity contribution in [2.24, 2.45) is 0 Å². The Bertz CT molecular complexity index is 213. The molecule has 0 aromatic heterocycles. The molecule has 1 fully saturated rings. The Morgan fingerprint density at radius 1 is 1.36 bits per heavy atom. The molecule has 0 bridgehead atoms. The van der Waals surface area contributed by atoms with Gasteiger partial charge in [-0.15, -0.1) is 0 Å². The van der Waals surface area contributed by atoms with E-state index in [0.29, 0.717) is 0 Å². The van der Waals surface area contributed by atoms with E-state index in [2.05, 4.69) is 0 Å². The monoisotopic (exact) mass is 209 g/mol. The molecule has 0 amide bonds. The van der Waals surface area contributed by atoms with Crippen LogP contribution in [0.5, 0.6) is 0 Å². The SMILES string of the molecule is [2H]CCC1(O)O[C@H](CO)[C@H](O)[C@H](O)[C@H]1O. The van der Waals surface area contributed by atoms with Gasteiger partial charge in [-0.2, -0.15) is 0 Å². The molecule has 6 nitrogen and oxygen atoms in total. The molecule has 1 rings (SSSR count). The highest BCUT2D eigenvalue weighted by Gasteiger charge is 2.51. The quantitative estimate of drug-likeness (QED) is 0.345. The lowest BCUT2D eigenvalue weighted by Gasteiger charge is -2.45. The first-order valence-corrected chi connectivity index (χ1v) is 4.30. The van der Waals surface area contributed by atoms with Gasteiger partial charge < -0.3 is 30.3 Å². The molecule has 0 radical (unpaired) electrons. The van der Waals surface area contributed by atoms with Crippen molar-refractivity contribution in [3.8, 4) is 0 Å². The topological polar surface area (TPSA) is 110 Å². The van der Waals surface area contributed by atoms with Crippen LogP contribution >= 0.6 is 0 Å². The van der Waals surface area contributed by atoms with Crippen molar-refractivity contribution in [3.05, 3.63) is 0 Å². The van der Waals surface area contributed by atoms with Crippen LogP contribution in [-0.2, 0) is 4.74 Å². The summed E-state index contributed by atoms with van der Waals surface area (Å²) in [6.45, 7) is -0.806. The second-order valence-electron chi connectivity index (χ2n) is 3.36. The minimum Gasteiger partial charge on any atom is -0.394 e. The first kappa shape index (κ1) is 10.3. The molecular formula is C8H16O6. The van der Waals surface area contributed by atoms with E-state index in [1.807, 2.05) is 0 Å². The maximum atomic E-state index is 9.76. The summed E-state index contributed by atoms with van der Waals surface area (Å²) in [5, 5.41) is 46.8. The highest BCUT2D eigenvalue weighted by atomic mass is 16.7. The fraction of sp³-hybridized carbons (Fsp3) is 1.00. The Kier molecular flexibility index (Phi) is 3.01. The zero-order valence-electron chi connectivity index (χ0n) is 8.58. The van der Waals surface area contributed by atoms with E-state index in [4.69, 9.17) is 11.2 Å². The zero-order chi connectivity index (χ0) is 11.6. The van der Waals surface area contributed by atoms with Crippen molar-refractivity contribution in [2.45, 2.75) is 43.5 Å². The molecule has 0 aliphatic carbocycles. The van der Waals surface area contributed by atoms with Crippen LogP contribution in [0.2, 0.25) is 0 Å². The highest BCUT2D eigenvalue weighted by molar-refractivity contribution is 4.95.